The van der Waals surface area contributed by atoms with Crippen LogP contribution in [0.25, 0.3) is 11.6 Å². The number of aryl methyl sites for hydroxylation is 1. The van der Waals surface area contributed by atoms with E-state index in [0.29, 0.717) is 36.4 Å². The van der Waals surface area contributed by atoms with E-state index in [0.717, 1.165) is 12.0 Å². The van der Waals surface area contributed by atoms with E-state index >= 15 is 0 Å². The van der Waals surface area contributed by atoms with E-state index in [1.54, 1.807) is 12.4 Å². The van der Waals surface area contributed by atoms with Crippen molar-refractivity contribution in [1.82, 2.24) is 20.1 Å². The summed E-state index contributed by atoms with van der Waals surface area (Å²) < 4.78 is 5.19. The monoisotopic (exact) mass is 247 g/mol. The minimum absolute atomic E-state index is 0.372. The fourth-order valence-corrected chi connectivity index (χ4v) is 1.58. The van der Waals surface area contributed by atoms with Gasteiger partial charge in [-0.25, -0.2) is 9.97 Å². The quantitative estimate of drug-likeness (QED) is 0.857. The predicted molar refractivity (Wildman–Crippen MR) is 66.6 cm³/mol. The molecule has 1 unspecified atom stereocenters. The second kappa shape index (κ2) is 5.68. The van der Waals surface area contributed by atoms with Crippen LogP contribution in [-0.4, -0.2) is 26.7 Å². The molecule has 0 spiro atoms. The maximum absolute atomic E-state index is 5.65. The van der Waals surface area contributed by atoms with Gasteiger partial charge >= 0.3 is 0 Å². The zero-order valence-corrected chi connectivity index (χ0v) is 10.6. The molecule has 0 radical (unpaired) electrons. The smallest absolute Gasteiger partial charge is 0.240 e. The Morgan fingerprint density at radius 1 is 1.28 bits per heavy atom. The van der Waals surface area contributed by atoms with Gasteiger partial charge in [-0.15, -0.1) is 0 Å². The van der Waals surface area contributed by atoms with Gasteiger partial charge in [0.2, 0.25) is 17.5 Å². The van der Waals surface area contributed by atoms with Gasteiger partial charge in [0.1, 0.15) is 0 Å². The van der Waals surface area contributed by atoms with Crippen LogP contribution in [0, 0.1) is 12.8 Å². The van der Waals surface area contributed by atoms with Gasteiger partial charge in [0.25, 0.3) is 0 Å². The Kier molecular flexibility index (Phi) is 3.99. The van der Waals surface area contributed by atoms with Crippen molar-refractivity contribution in [1.29, 1.82) is 0 Å². The zero-order valence-electron chi connectivity index (χ0n) is 10.6. The first-order chi connectivity index (χ1) is 8.72. The molecule has 0 aromatic carbocycles. The van der Waals surface area contributed by atoms with Crippen molar-refractivity contribution in [3.63, 3.8) is 0 Å². The molecule has 2 heterocycles. The lowest BCUT2D eigenvalue weighted by Gasteiger charge is -2.07. The van der Waals surface area contributed by atoms with Gasteiger partial charge in [0, 0.05) is 18.8 Å². The Balaban J connectivity index is 2.12. The predicted octanol–water partition coefficient (Wildman–Crippen LogP) is 1.36. The second-order valence-electron chi connectivity index (χ2n) is 4.31. The molecule has 0 saturated heterocycles. The molecule has 0 aliphatic rings. The summed E-state index contributed by atoms with van der Waals surface area (Å²) in [5.74, 6) is 1.87. The Hall–Kier alpha value is -1.82. The van der Waals surface area contributed by atoms with Crippen molar-refractivity contribution in [2.24, 2.45) is 11.7 Å². The van der Waals surface area contributed by atoms with Gasteiger partial charge in [0.05, 0.1) is 0 Å². The molecule has 0 amide bonds. The Morgan fingerprint density at radius 3 is 2.61 bits per heavy atom. The molecule has 6 nitrogen and oxygen atoms in total. The third kappa shape index (κ3) is 2.89. The first kappa shape index (κ1) is 12.6. The molecule has 2 aromatic heterocycles. The van der Waals surface area contributed by atoms with Crippen molar-refractivity contribution in [2.75, 3.05) is 6.54 Å². The minimum atomic E-state index is 0.372. The Labute approximate surface area is 106 Å². The number of rotatable bonds is 5. The number of nitrogens with zero attached hydrogens (tertiary/aromatic N) is 4. The van der Waals surface area contributed by atoms with Crippen molar-refractivity contribution >= 4 is 0 Å². The summed E-state index contributed by atoms with van der Waals surface area (Å²) in [7, 11) is 0. The summed E-state index contributed by atoms with van der Waals surface area (Å²) in [5, 5.41) is 3.89. The SMILES string of the molecule is CCC(CN)Cc1nc(-c2ncc(C)cn2)no1. The van der Waals surface area contributed by atoms with Gasteiger partial charge in [-0.05, 0) is 24.9 Å². The van der Waals surface area contributed by atoms with Gasteiger partial charge in [-0.1, -0.05) is 18.5 Å². The maximum atomic E-state index is 5.65. The standard InChI is InChI=1S/C12H17N5O/c1-3-9(5-13)4-10-16-12(17-18-10)11-14-6-8(2)7-15-11/h6-7,9H,3-5,13H2,1-2H3. The lowest BCUT2D eigenvalue weighted by atomic mass is 10.0. The number of aromatic nitrogens is 4. The lowest BCUT2D eigenvalue weighted by Crippen LogP contribution is -2.15. The van der Waals surface area contributed by atoms with Crippen molar-refractivity contribution in [3.05, 3.63) is 23.8 Å². The van der Waals surface area contributed by atoms with Gasteiger partial charge in [-0.2, -0.15) is 4.98 Å². The molecule has 0 aliphatic carbocycles. The molecule has 18 heavy (non-hydrogen) atoms. The van der Waals surface area contributed by atoms with E-state index in [1.807, 2.05) is 6.92 Å². The summed E-state index contributed by atoms with van der Waals surface area (Å²) >= 11 is 0. The molecule has 0 fully saturated rings. The molecule has 0 saturated carbocycles. The summed E-state index contributed by atoms with van der Waals surface area (Å²) in [4.78, 5) is 12.6. The van der Waals surface area contributed by atoms with E-state index in [4.69, 9.17) is 10.3 Å². The van der Waals surface area contributed by atoms with Gasteiger partial charge < -0.3 is 10.3 Å². The first-order valence-electron chi connectivity index (χ1n) is 6.04. The fraction of sp³-hybridized carbons (Fsp3) is 0.500. The van der Waals surface area contributed by atoms with E-state index in [2.05, 4.69) is 27.0 Å². The average molecular weight is 247 g/mol. The summed E-state index contributed by atoms with van der Waals surface area (Å²) in [6.07, 6.45) is 5.15. The first-order valence-corrected chi connectivity index (χ1v) is 6.04. The van der Waals surface area contributed by atoms with Crippen LogP contribution in [0.3, 0.4) is 0 Å². The molecule has 1 atom stereocenters. The summed E-state index contributed by atoms with van der Waals surface area (Å²) in [6.45, 7) is 4.64. The number of hydrogen-bond acceptors (Lipinski definition) is 6. The highest BCUT2D eigenvalue weighted by atomic mass is 16.5. The molecular weight excluding hydrogens is 230 g/mol. The molecule has 6 heteroatoms. The molecular formula is C12H17N5O. The number of hydrogen-bond donors (Lipinski definition) is 1. The van der Waals surface area contributed by atoms with Crippen LogP contribution in [0.2, 0.25) is 0 Å². The van der Waals surface area contributed by atoms with Crippen molar-refractivity contribution in [3.8, 4) is 11.6 Å². The summed E-state index contributed by atoms with van der Waals surface area (Å²) in [6, 6.07) is 0. The third-order valence-electron chi connectivity index (χ3n) is 2.82. The molecule has 0 bridgehead atoms. The minimum Gasteiger partial charge on any atom is -0.339 e. The zero-order chi connectivity index (χ0) is 13.0. The highest BCUT2D eigenvalue weighted by Crippen LogP contribution is 2.14. The normalized spacial score (nSPS) is 12.6. The van der Waals surface area contributed by atoms with Crippen LogP contribution in [-0.2, 0) is 6.42 Å². The van der Waals surface area contributed by atoms with Crippen molar-refractivity contribution in [2.45, 2.75) is 26.7 Å². The van der Waals surface area contributed by atoms with Crippen LogP contribution >= 0.6 is 0 Å². The average Bonchev–Trinajstić information content (AvgIpc) is 2.85. The van der Waals surface area contributed by atoms with Crippen LogP contribution in [0.4, 0.5) is 0 Å². The Morgan fingerprint density at radius 2 is 2.00 bits per heavy atom. The third-order valence-corrected chi connectivity index (χ3v) is 2.82. The van der Waals surface area contributed by atoms with Crippen LogP contribution in [0.5, 0.6) is 0 Å². The van der Waals surface area contributed by atoms with E-state index in [-0.39, 0.29) is 0 Å². The highest BCUT2D eigenvalue weighted by molar-refractivity contribution is 5.40. The van der Waals surface area contributed by atoms with Crippen LogP contribution in [0.15, 0.2) is 16.9 Å². The largest absolute Gasteiger partial charge is 0.339 e. The van der Waals surface area contributed by atoms with Crippen LogP contribution < -0.4 is 5.73 Å². The molecule has 2 aromatic rings. The molecule has 2 rings (SSSR count). The van der Waals surface area contributed by atoms with Crippen molar-refractivity contribution < 1.29 is 4.52 Å². The lowest BCUT2D eigenvalue weighted by molar-refractivity contribution is 0.350. The van der Waals surface area contributed by atoms with E-state index in [1.165, 1.54) is 0 Å². The van der Waals surface area contributed by atoms with Gasteiger partial charge in [0.15, 0.2) is 0 Å². The number of nitrogens with two attached hydrogens (primary N) is 1. The van der Waals surface area contributed by atoms with Gasteiger partial charge in [-0.3, -0.25) is 0 Å². The molecule has 2 N–H and O–H groups in total. The van der Waals surface area contributed by atoms with E-state index in [9.17, 15) is 0 Å². The molecule has 96 valence electrons. The maximum Gasteiger partial charge on any atom is 0.240 e. The fourth-order valence-electron chi connectivity index (χ4n) is 1.58. The summed E-state index contributed by atoms with van der Waals surface area (Å²) in [5.41, 5.74) is 6.65. The topological polar surface area (TPSA) is 90.7 Å². The highest BCUT2D eigenvalue weighted by Gasteiger charge is 2.14. The second-order valence-corrected chi connectivity index (χ2v) is 4.31. The van der Waals surface area contributed by atoms with Crippen LogP contribution in [0.1, 0.15) is 24.8 Å². The molecule has 0 aliphatic heterocycles. The Bertz CT molecular complexity index is 489. The van der Waals surface area contributed by atoms with E-state index < -0.39 is 0 Å².